The molecule has 0 rings (SSSR count). The van der Waals surface area contributed by atoms with Gasteiger partial charge in [0.1, 0.15) is 36.3 Å². The molecule has 0 radical (unpaired) electrons. The van der Waals surface area contributed by atoms with Crippen LogP contribution in [0.25, 0.3) is 0 Å². The second-order valence-corrected chi connectivity index (χ2v) is 12.5. The highest BCUT2D eigenvalue weighted by atomic mass is 32.1. The summed E-state index contributed by atoms with van der Waals surface area (Å²) in [5, 5.41) is 23.2. The number of carbonyl (C=O) groups excluding carboxylic acids is 9. The molecule has 294 valence electrons. The summed E-state index contributed by atoms with van der Waals surface area (Å²) in [6.07, 6.45) is -1.70. The molecule has 0 aliphatic heterocycles. The SMILES string of the molecule is NC(=O)CCC(N)C(=O)NC(CS)C(=O)NC(CS)C(=O)NC(CCC(N)=O)C(=O)NC(CS)C(=O)NC(CS)C(=O)NC(CCC(N)=O)C(=O)O. The number of carbonyl (C=O) groups is 10. The lowest BCUT2D eigenvalue weighted by atomic mass is 10.1. The number of thiol groups is 4. The van der Waals surface area contributed by atoms with Gasteiger partial charge in [-0.3, -0.25) is 43.2 Å². The van der Waals surface area contributed by atoms with Crippen LogP contribution in [0.4, 0.5) is 0 Å². The highest BCUT2D eigenvalue weighted by Gasteiger charge is 2.33. The van der Waals surface area contributed by atoms with Crippen LogP contribution in [-0.2, 0) is 47.9 Å². The Balaban J connectivity index is 5.72. The van der Waals surface area contributed by atoms with Crippen molar-refractivity contribution >= 4 is 110 Å². The fourth-order valence-corrected chi connectivity index (χ4v) is 4.97. The quantitative estimate of drug-likeness (QED) is 0.0363. The summed E-state index contributed by atoms with van der Waals surface area (Å²) in [4.78, 5) is 123. The maximum absolute atomic E-state index is 13.3. The van der Waals surface area contributed by atoms with Crippen molar-refractivity contribution in [3.63, 3.8) is 0 Å². The maximum Gasteiger partial charge on any atom is 0.326 e. The average molecular weight is 815 g/mol. The first-order chi connectivity index (χ1) is 24.3. The van der Waals surface area contributed by atoms with Gasteiger partial charge in [0.25, 0.3) is 0 Å². The highest BCUT2D eigenvalue weighted by molar-refractivity contribution is 7.80. The summed E-state index contributed by atoms with van der Waals surface area (Å²) in [6.45, 7) is 0. The van der Waals surface area contributed by atoms with Gasteiger partial charge in [-0.1, -0.05) is 0 Å². The molecule has 7 unspecified atom stereocenters. The fraction of sp³-hybridized carbons (Fsp3) is 0.630. The molecule has 0 heterocycles. The zero-order valence-corrected chi connectivity index (χ0v) is 31.3. The first-order valence-electron chi connectivity index (χ1n) is 15.4. The number of aliphatic carboxylic acids is 1. The third-order valence-corrected chi connectivity index (χ3v) is 8.37. The Hall–Kier alpha value is -3.94. The van der Waals surface area contributed by atoms with Crippen molar-refractivity contribution in [2.45, 2.75) is 80.8 Å². The van der Waals surface area contributed by atoms with E-state index in [2.05, 4.69) is 82.4 Å². The summed E-state index contributed by atoms with van der Waals surface area (Å²) in [6, 6.07) is -9.75. The standard InChI is InChI=1S/C27H46N10O11S4/c28-11(1-4-18(29)38)21(41)34-14(7-49)25(45)36-15(8-50)23(43)32-12(2-5-19(30)39)22(42)35-17(10-52)26(46)37-16(9-51)24(44)33-13(27(47)48)3-6-20(31)40/h11-17,49-52H,1-10,28H2,(H2,29,38)(H2,30,39)(H2,31,40)(H,32,43)(H,33,44)(H,34,41)(H,35,42)(H,36,45)(H,37,46)(H,47,48). The Bertz CT molecular complexity index is 1330. The number of carboxylic acids is 1. The van der Waals surface area contributed by atoms with Crippen molar-refractivity contribution in [3.05, 3.63) is 0 Å². The molecule has 0 aliphatic rings. The third kappa shape index (κ3) is 18.5. The first-order valence-corrected chi connectivity index (χ1v) is 17.9. The Morgan fingerprint density at radius 1 is 0.423 bits per heavy atom. The molecule has 0 saturated heterocycles. The molecule has 0 fully saturated rings. The molecule has 21 nitrogen and oxygen atoms in total. The third-order valence-electron chi connectivity index (χ3n) is 6.91. The number of nitrogens with two attached hydrogens (primary N) is 4. The summed E-state index contributed by atoms with van der Waals surface area (Å²) in [7, 11) is 0. The lowest BCUT2D eigenvalue weighted by molar-refractivity contribution is -0.142. The number of carboxylic acid groups (broad SMARTS) is 1. The number of primary amides is 3. The molecule has 15 N–H and O–H groups in total. The van der Waals surface area contributed by atoms with E-state index in [1.165, 1.54) is 0 Å². The molecular formula is C27H46N10O11S4. The van der Waals surface area contributed by atoms with Crippen LogP contribution in [0.2, 0.25) is 0 Å². The van der Waals surface area contributed by atoms with Crippen LogP contribution in [0.5, 0.6) is 0 Å². The Morgan fingerprint density at radius 2 is 0.673 bits per heavy atom. The smallest absolute Gasteiger partial charge is 0.326 e. The zero-order chi connectivity index (χ0) is 40.1. The van der Waals surface area contributed by atoms with Gasteiger partial charge < -0.3 is 59.9 Å². The van der Waals surface area contributed by atoms with E-state index in [1.54, 1.807) is 0 Å². The largest absolute Gasteiger partial charge is 0.480 e. The topological polar surface area (TPSA) is 367 Å². The van der Waals surface area contributed by atoms with E-state index in [4.69, 9.17) is 22.9 Å². The zero-order valence-electron chi connectivity index (χ0n) is 27.7. The van der Waals surface area contributed by atoms with Crippen molar-refractivity contribution in [3.8, 4) is 0 Å². The maximum atomic E-state index is 13.3. The van der Waals surface area contributed by atoms with Crippen LogP contribution in [0.1, 0.15) is 38.5 Å². The van der Waals surface area contributed by atoms with Gasteiger partial charge in [0, 0.05) is 42.3 Å². The minimum absolute atomic E-state index is 0.0910. The van der Waals surface area contributed by atoms with Crippen LogP contribution in [0.3, 0.4) is 0 Å². The summed E-state index contributed by atoms with van der Waals surface area (Å²) in [5.74, 6) is -10.6. The molecule has 0 bridgehead atoms. The highest BCUT2D eigenvalue weighted by Crippen LogP contribution is 2.05. The van der Waals surface area contributed by atoms with Gasteiger partial charge in [-0.15, -0.1) is 0 Å². The van der Waals surface area contributed by atoms with Gasteiger partial charge in [-0.25, -0.2) is 4.79 Å². The predicted molar refractivity (Wildman–Crippen MR) is 198 cm³/mol. The normalized spacial score (nSPS) is 14.8. The van der Waals surface area contributed by atoms with E-state index in [9.17, 15) is 53.1 Å². The molecule has 0 saturated carbocycles. The number of rotatable bonds is 26. The van der Waals surface area contributed by atoms with Crippen molar-refractivity contribution in [1.29, 1.82) is 0 Å². The monoisotopic (exact) mass is 814 g/mol. The van der Waals surface area contributed by atoms with Crippen molar-refractivity contribution in [2.24, 2.45) is 22.9 Å². The average Bonchev–Trinajstić information content (AvgIpc) is 3.08. The molecule has 9 amide bonds. The fourth-order valence-electron chi connectivity index (χ4n) is 3.94. The number of nitrogens with one attached hydrogen (secondary N) is 6. The second-order valence-electron chi connectivity index (χ2n) is 11.1. The van der Waals surface area contributed by atoms with E-state index in [1.807, 2.05) is 0 Å². The first kappa shape index (κ1) is 48.1. The molecule has 7 atom stereocenters. The molecular weight excluding hydrogens is 769 g/mol. The Morgan fingerprint density at radius 3 is 0.981 bits per heavy atom. The Kier molecular flexibility index (Phi) is 23.2. The van der Waals surface area contributed by atoms with Crippen LogP contribution < -0.4 is 54.8 Å². The Labute approximate surface area is 320 Å². The van der Waals surface area contributed by atoms with E-state index in [0.29, 0.717) is 0 Å². The van der Waals surface area contributed by atoms with E-state index < -0.39 is 108 Å². The number of amides is 9. The van der Waals surface area contributed by atoms with Gasteiger partial charge in [-0.2, -0.15) is 50.5 Å². The minimum Gasteiger partial charge on any atom is -0.480 e. The van der Waals surface area contributed by atoms with Gasteiger partial charge in [-0.05, 0) is 19.3 Å². The lowest BCUT2D eigenvalue weighted by Gasteiger charge is -2.26. The molecule has 52 heavy (non-hydrogen) atoms. The van der Waals surface area contributed by atoms with E-state index in [-0.39, 0.29) is 55.1 Å². The van der Waals surface area contributed by atoms with Crippen molar-refractivity contribution in [1.82, 2.24) is 31.9 Å². The van der Waals surface area contributed by atoms with Gasteiger partial charge >= 0.3 is 5.97 Å². The van der Waals surface area contributed by atoms with Crippen LogP contribution in [0, 0.1) is 0 Å². The summed E-state index contributed by atoms with van der Waals surface area (Å²) in [5.41, 5.74) is 21.0. The molecule has 0 aromatic carbocycles. The molecule has 0 spiro atoms. The van der Waals surface area contributed by atoms with Gasteiger partial charge in [0.15, 0.2) is 0 Å². The van der Waals surface area contributed by atoms with Gasteiger partial charge in [0.05, 0.1) is 6.04 Å². The predicted octanol–water partition coefficient (Wildman–Crippen LogP) is -6.18. The van der Waals surface area contributed by atoms with E-state index in [0.717, 1.165) is 0 Å². The van der Waals surface area contributed by atoms with Crippen LogP contribution >= 0.6 is 50.5 Å². The second kappa shape index (κ2) is 25.1. The molecule has 0 aromatic rings. The number of hydrogen-bond donors (Lipinski definition) is 15. The molecule has 0 aromatic heterocycles. The van der Waals surface area contributed by atoms with E-state index >= 15 is 0 Å². The van der Waals surface area contributed by atoms with Crippen LogP contribution in [0.15, 0.2) is 0 Å². The summed E-state index contributed by atoms with van der Waals surface area (Å²) < 4.78 is 0. The number of hydrogen-bond acceptors (Lipinski definition) is 15. The molecule has 0 aliphatic carbocycles. The lowest BCUT2D eigenvalue weighted by Crippen LogP contribution is -2.60. The summed E-state index contributed by atoms with van der Waals surface area (Å²) >= 11 is 16.2. The van der Waals surface area contributed by atoms with Crippen molar-refractivity contribution < 1.29 is 53.1 Å². The van der Waals surface area contributed by atoms with Gasteiger partial charge in [0.2, 0.25) is 53.2 Å². The van der Waals surface area contributed by atoms with Crippen LogP contribution in [-0.4, -0.2) is 130 Å². The van der Waals surface area contributed by atoms with Crippen molar-refractivity contribution in [2.75, 3.05) is 23.0 Å². The minimum atomic E-state index is -1.51. The molecule has 25 heteroatoms.